The van der Waals surface area contributed by atoms with Crippen molar-refractivity contribution in [2.24, 2.45) is 7.05 Å². The molecule has 0 unspecified atom stereocenters. The number of aryl methyl sites for hydroxylation is 2. The molecule has 0 atom stereocenters. The normalized spacial score (nSPS) is 11.5. The molecule has 2 aromatic rings. The third-order valence-electron chi connectivity index (χ3n) is 3.87. The molecule has 0 radical (unpaired) electrons. The number of aromatic nitrogens is 3. The summed E-state index contributed by atoms with van der Waals surface area (Å²) >= 11 is 0. The first-order valence-corrected chi connectivity index (χ1v) is 9.93. The minimum atomic E-state index is -3.23. The van der Waals surface area contributed by atoms with Crippen LogP contribution in [0.5, 0.6) is 5.75 Å². The summed E-state index contributed by atoms with van der Waals surface area (Å²) < 4.78 is 30.3. The second kappa shape index (κ2) is 7.77. The van der Waals surface area contributed by atoms with Gasteiger partial charge in [0.15, 0.2) is 15.6 Å². The average molecular weight is 365 g/mol. The van der Waals surface area contributed by atoms with Crippen LogP contribution in [0.2, 0.25) is 0 Å². The Kier molecular flexibility index (Phi) is 5.94. The second-order valence-corrected chi connectivity index (χ2v) is 8.15. The van der Waals surface area contributed by atoms with Gasteiger partial charge in [-0.1, -0.05) is 20.3 Å². The van der Waals surface area contributed by atoms with Gasteiger partial charge in [-0.2, -0.15) is 0 Å². The number of methoxy groups -OCH3 is 1. The zero-order valence-corrected chi connectivity index (χ0v) is 15.8. The Balaban J connectivity index is 2.61. The maximum absolute atomic E-state index is 12.0. The van der Waals surface area contributed by atoms with E-state index in [0.717, 1.165) is 18.4 Å². The molecule has 0 spiro atoms. The van der Waals surface area contributed by atoms with Crippen LogP contribution >= 0.6 is 0 Å². The molecule has 0 amide bonds. The molecule has 0 saturated heterocycles. The van der Waals surface area contributed by atoms with Crippen molar-refractivity contribution in [1.29, 1.82) is 0 Å². The number of pyridine rings is 1. The van der Waals surface area contributed by atoms with Gasteiger partial charge in [0.25, 0.3) is 5.56 Å². The molecular weight excluding hydrogens is 342 g/mol. The van der Waals surface area contributed by atoms with Crippen molar-refractivity contribution in [2.75, 3.05) is 12.9 Å². The minimum absolute atomic E-state index is 0.0378. The predicted octanol–water partition coefficient (Wildman–Crippen LogP) is 1.74. The van der Waals surface area contributed by atoms with Crippen molar-refractivity contribution < 1.29 is 13.2 Å². The maximum Gasteiger partial charge on any atom is 0.292 e. The van der Waals surface area contributed by atoms with Gasteiger partial charge in [-0.25, -0.2) is 18.4 Å². The number of sulfone groups is 1. The minimum Gasteiger partial charge on any atom is -0.491 e. The lowest BCUT2D eigenvalue weighted by atomic mass is 10.1. The highest BCUT2D eigenvalue weighted by Gasteiger charge is 2.16. The van der Waals surface area contributed by atoms with Gasteiger partial charge in [0.05, 0.1) is 12.8 Å². The number of hydrogen-bond donors (Lipinski definition) is 0. The van der Waals surface area contributed by atoms with E-state index in [1.165, 1.54) is 11.7 Å². The summed E-state index contributed by atoms with van der Waals surface area (Å²) in [5.74, 6) is 0.301. The van der Waals surface area contributed by atoms with Crippen molar-refractivity contribution >= 4 is 9.84 Å². The summed E-state index contributed by atoms with van der Waals surface area (Å²) in [6, 6.07) is 1.63. The lowest BCUT2D eigenvalue weighted by molar-refractivity contribution is 0.405. The molecule has 2 rings (SSSR count). The van der Waals surface area contributed by atoms with E-state index >= 15 is 0 Å². The molecule has 0 saturated carbocycles. The Morgan fingerprint density at radius 3 is 2.60 bits per heavy atom. The summed E-state index contributed by atoms with van der Waals surface area (Å²) in [5, 5.41) is 0. The zero-order chi connectivity index (χ0) is 18.6. The van der Waals surface area contributed by atoms with Crippen molar-refractivity contribution in [1.82, 2.24) is 14.5 Å². The quantitative estimate of drug-likeness (QED) is 0.742. The molecule has 8 heteroatoms. The van der Waals surface area contributed by atoms with E-state index in [2.05, 4.69) is 9.97 Å². The smallest absolute Gasteiger partial charge is 0.292 e. The predicted molar refractivity (Wildman–Crippen MR) is 96.4 cm³/mol. The second-order valence-electron chi connectivity index (χ2n) is 5.80. The molecule has 7 nitrogen and oxygen atoms in total. The van der Waals surface area contributed by atoms with E-state index in [4.69, 9.17) is 4.74 Å². The van der Waals surface area contributed by atoms with Crippen LogP contribution in [-0.2, 0) is 29.1 Å². The van der Waals surface area contributed by atoms with E-state index in [-0.39, 0.29) is 28.6 Å². The fourth-order valence-corrected chi connectivity index (χ4v) is 3.21. The number of rotatable bonds is 7. The Morgan fingerprint density at radius 2 is 2.00 bits per heavy atom. The zero-order valence-electron chi connectivity index (χ0n) is 14.9. The number of ether oxygens (including phenoxy) is 1. The molecule has 0 aromatic carbocycles. The van der Waals surface area contributed by atoms with E-state index in [9.17, 15) is 13.2 Å². The fraction of sp³-hybridized carbons (Fsp3) is 0.471. The van der Waals surface area contributed by atoms with Gasteiger partial charge in [0, 0.05) is 30.8 Å². The van der Waals surface area contributed by atoms with E-state index < -0.39 is 9.84 Å². The Bertz CT molecular complexity index is 920. The molecule has 136 valence electrons. The first-order chi connectivity index (χ1) is 11.8. The van der Waals surface area contributed by atoms with E-state index in [1.54, 1.807) is 32.4 Å². The van der Waals surface area contributed by atoms with Crippen molar-refractivity contribution in [2.45, 2.75) is 32.4 Å². The summed E-state index contributed by atoms with van der Waals surface area (Å²) in [7, 11) is -0.156. The standard InChI is InChI=1S/C17H23N3O4S/c1-5-7-12-9-18-15(11-25(22,23)6-2)19-16(12)13-8-14(24-4)17(21)20(3)10-13/h8-10H,5-7,11H2,1-4H3. The van der Waals surface area contributed by atoms with Crippen molar-refractivity contribution in [3.05, 3.63) is 40.2 Å². The molecule has 0 aliphatic rings. The number of hydrogen-bond acceptors (Lipinski definition) is 6. The molecule has 2 aromatic heterocycles. The van der Waals surface area contributed by atoms with Gasteiger partial charge in [0.1, 0.15) is 11.6 Å². The van der Waals surface area contributed by atoms with E-state index in [1.807, 2.05) is 6.92 Å². The lowest BCUT2D eigenvalue weighted by Crippen LogP contribution is -2.18. The SMILES string of the molecule is CCCc1cnc(CS(=O)(=O)CC)nc1-c1cc(OC)c(=O)n(C)c1. The summed E-state index contributed by atoms with van der Waals surface area (Å²) in [6.07, 6.45) is 4.99. The van der Waals surface area contributed by atoms with Crippen LogP contribution < -0.4 is 10.3 Å². The Morgan fingerprint density at radius 1 is 1.28 bits per heavy atom. The first kappa shape index (κ1) is 19.1. The fourth-order valence-electron chi connectivity index (χ4n) is 2.47. The summed E-state index contributed by atoms with van der Waals surface area (Å²) in [6.45, 7) is 3.64. The third kappa shape index (κ3) is 4.45. The van der Waals surface area contributed by atoms with Crippen LogP contribution in [-0.4, -0.2) is 35.8 Å². The summed E-state index contributed by atoms with van der Waals surface area (Å²) in [5.41, 5.74) is 1.99. The van der Waals surface area contributed by atoms with Crippen LogP contribution in [0.3, 0.4) is 0 Å². The van der Waals surface area contributed by atoms with Crippen molar-refractivity contribution in [3.63, 3.8) is 0 Å². The highest BCUT2D eigenvalue weighted by atomic mass is 32.2. The Hall–Kier alpha value is -2.22. The van der Waals surface area contributed by atoms with Crippen LogP contribution in [0.15, 0.2) is 23.3 Å². The monoisotopic (exact) mass is 365 g/mol. The Labute approximate surface area is 147 Å². The topological polar surface area (TPSA) is 91.2 Å². The molecular formula is C17H23N3O4S. The molecule has 25 heavy (non-hydrogen) atoms. The maximum atomic E-state index is 12.0. The van der Waals surface area contributed by atoms with Crippen LogP contribution in [0.4, 0.5) is 0 Å². The van der Waals surface area contributed by atoms with Gasteiger partial charge in [-0.05, 0) is 18.1 Å². The molecule has 2 heterocycles. The summed E-state index contributed by atoms with van der Waals surface area (Å²) in [4.78, 5) is 20.7. The highest BCUT2D eigenvalue weighted by molar-refractivity contribution is 7.90. The van der Waals surface area contributed by atoms with Gasteiger partial charge >= 0.3 is 0 Å². The van der Waals surface area contributed by atoms with E-state index in [0.29, 0.717) is 11.3 Å². The van der Waals surface area contributed by atoms with Crippen LogP contribution in [0.25, 0.3) is 11.3 Å². The molecule has 0 aliphatic heterocycles. The molecule has 0 bridgehead atoms. The van der Waals surface area contributed by atoms with Gasteiger partial charge < -0.3 is 9.30 Å². The largest absolute Gasteiger partial charge is 0.491 e. The number of nitrogens with zero attached hydrogens (tertiary/aromatic N) is 3. The molecule has 0 aliphatic carbocycles. The van der Waals surface area contributed by atoms with Gasteiger partial charge in [0.2, 0.25) is 0 Å². The first-order valence-electron chi connectivity index (χ1n) is 8.11. The van der Waals surface area contributed by atoms with Crippen molar-refractivity contribution in [3.8, 4) is 17.0 Å². The third-order valence-corrected chi connectivity index (χ3v) is 5.44. The van der Waals surface area contributed by atoms with Gasteiger partial charge in [-0.3, -0.25) is 4.79 Å². The average Bonchev–Trinajstić information content (AvgIpc) is 2.58. The van der Waals surface area contributed by atoms with Gasteiger partial charge in [-0.15, -0.1) is 0 Å². The van der Waals surface area contributed by atoms with Crippen LogP contribution in [0.1, 0.15) is 31.7 Å². The molecule has 0 N–H and O–H groups in total. The lowest BCUT2D eigenvalue weighted by Gasteiger charge is -2.12. The molecule has 0 fully saturated rings. The highest BCUT2D eigenvalue weighted by Crippen LogP contribution is 2.24. The van der Waals surface area contributed by atoms with Crippen LogP contribution in [0, 0.1) is 0 Å².